The van der Waals surface area contributed by atoms with Gasteiger partial charge in [-0.15, -0.1) is 11.3 Å². The maximum absolute atomic E-state index is 12.3. The summed E-state index contributed by atoms with van der Waals surface area (Å²) in [6, 6.07) is -0.226. The van der Waals surface area contributed by atoms with E-state index in [1.807, 2.05) is 6.92 Å². The molecule has 1 aliphatic heterocycles. The number of hydrogen-bond acceptors (Lipinski definition) is 5. The molecule has 1 atom stereocenters. The molecule has 5 nitrogen and oxygen atoms in total. The number of aliphatic carboxylic acids is 1. The van der Waals surface area contributed by atoms with Gasteiger partial charge in [0.05, 0.1) is 17.5 Å². The summed E-state index contributed by atoms with van der Waals surface area (Å²) < 4.78 is 0. The highest BCUT2D eigenvalue weighted by Crippen LogP contribution is 2.21. The minimum Gasteiger partial charge on any atom is -0.481 e. The van der Waals surface area contributed by atoms with Gasteiger partial charge in [-0.25, -0.2) is 4.98 Å². The average Bonchev–Trinajstić information content (AvgIpc) is 2.75. The maximum Gasteiger partial charge on any atom is 0.305 e. The Labute approximate surface area is 113 Å². The summed E-state index contributed by atoms with van der Waals surface area (Å²) >= 11 is 3.12. The lowest BCUT2D eigenvalue weighted by atomic mass is 10.2. The van der Waals surface area contributed by atoms with E-state index < -0.39 is 5.97 Å². The van der Waals surface area contributed by atoms with Crippen LogP contribution >= 0.6 is 23.1 Å². The van der Waals surface area contributed by atoms with Gasteiger partial charge in [-0.3, -0.25) is 9.59 Å². The van der Waals surface area contributed by atoms with Crippen LogP contribution in [0.1, 0.15) is 21.9 Å². The fourth-order valence-electron chi connectivity index (χ4n) is 1.90. The van der Waals surface area contributed by atoms with Crippen molar-refractivity contribution in [1.82, 2.24) is 9.88 Å². The summed E-state index contributed by atoms with van der Waals surface area (Å²) in [4.78, 5) is 28.9. The quantitative estimate of drug-likeness (QED) is 0.911. The zero-order valence-corrected chi connectivity index (χ0v) is 11.6. The fourth-order valence-corrected chi connectivity index (χ4v) is 3.55. The molecule has 0 saturated carbocycles. The SMILES string of the molecule is Cc1nc(C(=O)N2CCSCC2CC(=O)O)cs1. The third kappa shape index (κ3) is 3.02. The van der Waals surface area contributed by atoms with Gasteiger partial charge in [0.1, 0.15) is 5.69 Å². The van der Waals surface area contributed by atoms with Gasteiger partial charge in [0, 0.05) is 23.4 Å². The van der Waals surface area contributed by atoms with Gasteiger partial charge in [-0.05, 0) is 6.92 Å². The molecule has 98 valence electrons. The molecule has 1 N–H and O–H groups in total. The summed E-state index contributed by atoms with van der Waals surface area (Å²) in [6.07, 6.45) is 0.00184. The first kappa shape index (κ1) is 13.4. The Morgan fingerprint density at radius 1 is 1.61 bits per heavy atom. The molecule has 1 amide bonds. The van der Waals surface area contributed by atoms with E-state index in [-0.39, 0.29) is 18.4 Å². The number of amides is 1. The molecule has 0 radical (unpaired) electrons. The van der Waals surface area contributed by atoms with E-state index in [9.17, 15) is 9.59 Å². The Morgan fingerprint density at radius 2 is 2.39 bits per heavy atom. The van der Waals surface area contributed by atoms with Crippen LogP contribution in [0.4, 0.5) is 0 Å². The van der Waals surface area contributed by atoms with Crippen molar-refractivity contribution in [1.29, 1.82) is 0 Å². The topological polar surface area (TPSA) is 70.5 Å². The number of rotatable bonds is 3. The van der Waals surface area contributed by atoms with E-state index in [4.69, 9.17) is 5.11 Å². The van der Waals surface area contributed by atoms with Crippen molar-refractivity contribution in [2.45, 2.75) is 19.4 Å². The summed E-state index contributed by atoms with van der Waals surface area (Å²) in [6.45, 7) is 2.44. The number of carboxylic acids is 1. The van der Waals surface area contributed by atoms with E-state index in [1.165, 1.54) is 11.3 Å². The highest BCUT2D eigenvalue weighted by molar-refractivity contribution is 7.99. The molecule has 1 aromatic heterocycles. The number of carboxylic acid groups (broad SMARTS) is 1. The third-order valence-corrected chi connectivity index (χ3v) is 4.60. The number of hydrogen-bond donors (Lipinski definition) is 1. The van der Waals surface area contributed by atoms with Crippen LogP contribution in [0, 0.1) is 6.92 Å². The van der Waals surface area contributed by atoms with Gasteiger partial charge in [-0.2, -0.15) is 11.8 Å². The smallest absolute Gasteiger partial charge is 0.305 e. The van der Waals surface area contributed by atoms with E-state index >= 15 is 0 Å². The van der Waals surface area contributed by atoms with Crippen LogP contribution in [0.15, 0.2) is 5.38 Å². The summed E-state index contributed by atoms with van der Waals surface area (Å²) in [7, 11) is 0. The molecule has 1 aromatic rings. The van der Waals surface area contributed by atoms with Gasteiger partial charge >= 0.3 is 5.97 Å². The number of thioether (sulfide) groups is 1. The van der Waals surface area contributed by atoms with Gasteiger partial charge in [0.25, 0.3) is 5.91 Å². The van der Waals surface area contributed by atoms with Crippen LogP contribution in [0.5, 0.6) is 0 Å². The molecule has 0 bridgehead atoms. The van der Waals surface area contributed by atoms with Crippen molar-refractivity contribution in [3.63, 3.8) is 0 Å². The van der Waals surface area contributed by atoms with E-state index in [1.54, 1.807) is 22.0 Å². The van der Waals surface area contributed by atoms with Crippen molar-refractivity contribution in [3.8, 4) is 0 Å². The predicted molar refractivity (Wildman–Crippen MR) is 71.3 cm³/mol. The average molecular weight is 286 g/mol. The Hall–Kier alpha value is -1.08. The maximum atomic E-state index is 12.3. The highest BCUT2D eigenvalue weighted by atomic mass is 32.2. The van der Waals surface area contributed by atoms with Crippen molar-refractivity contribution >= 4 is 35.0 Å². The second kappa shape index (κ2) is 5.71. The summed E-state index contributed by atoms with van der Waals surface area (Å²) in [5.41, 5.74) is 0.430. The third-order valence-electron chi connectivity index (χ3n) is 2.74. The number of thiazole rings is 1. The van der Waals surface area contributed by atoms with E-state index in [0.717, 1.165) is 10.8 Å². The Kier molecular flexibility index (Phi) is 4.23. The lowest BCUT2D eigenvalue weighted by molar-refractivity contribution is -0.138. The molecule has 7 heteroatoms. The van der Waals surface area contributed by atoms with Crippen LogP contribution in [0.2, 0.25) is 0 Å². The Bertz CT molecular complexity index is 461. The molecule has 1 fully saturated rings. The van der Waals surface area contributed by atoms with Gasteiger partial charge in [-0.1, -0.05) is 0 Å². The second-order valence-electron chi connectivity index (χ2n) is 4.08. The van der Waals surface area contributed by atoms with Crippen LogP contribution in [0.25, 0.3) is 0 Å². The number of carbonyl (C=O) groups is 2. The molecule has 2 rings (SSSR count). The van der Waals surface area contributed by atoms with Crippen LogP contribution in [0.3, 0.4) is 0 Å². The Morgan fingerprint density at radius 3 is 3.00 bits per heavy atom. The number of aryl methyl sites for hydroxylation is 1. The Balaban J connectivity index is 2.13. The number of aromatic nitrogens is 1. The van der Waals surface area contributed by atoms with Crippen LogP contribution < -0.4 is 0 Å². The lowest BCUT2D eigenvalue weighted by Gasteiger charge is -2.34. The molecule has 0 aliphatic carbocycles. The van der Waals surface area contributed by atoms with Crippen LogP contribution in [-0.2, 0) is 4.79 Å². The molecular weight excluding hydrogens is 272 g/mol. The zero-order valence-electron chi connectivity index (χ0n) is 9.96. The normalized spacial score (nSPS) is 19.8. The first-order valence-electron chi connectivity index (χ1n) is 5.60. The standard InChI is InChI=1S/C11H14N2O3S2/c1-7-12-9(6-18-7)11(16)13-2-3-17-5-8(13)4-10(14)15/h6,8H,2-5H2,1H3,(H,14,15). The van der Waals surface area contributed by atoms with Crippen molar-refractivity contribution in [2.24, 2.45) is 0 Å². The molecule has 0 aromatic carbocycles. The van der Waals surface area contributed by atoms with Crippen molar-refractivity contribution in [2.75, 3.05) is 18.1 Å². The molecule has 2 heterocycles. The molecule has 1 aliphatic rings. The van der Waals surface area contributed by atoms with Crippen molar-refractivity contribution in [3.05, 3.63) is 16.1 Å². The first-order chi connectivity index (χ1) is 8.58. The fraction of sp³-hybridized carbons (Fsp3) is 0.545. The second-order valence-corrected chi connectivity index (χ2v) is 6.29. The van der Waals surface area contributed by atoms with E-state index in [2.05, 4.69) is 4.98 Å². The molecule has 0 spiro atoms. The molecule has 1 unspecified atom stereocenters. The summed E-state index contributed by atoms with van der Waals surface area (Å²) in [5.74, 6) is 0.521. The lowest BCUT2D eigenvalue weighted by Crippen LogP contribution is -2.47. The minimum absolute atomic E-state index is 0.00184. The highest BCUT2D eigenvalue weighted by Gasteiger charge is 2.30. The molecular formula is C11H14N2O3S2. The zero-order chi connectivity index (χ0) is 13.1. The number of nitrogens with zero attached hydrogens (tertiary/aromatic N) is 2. The van der Waals surface area contributed by atoms with Gasteiger partial charge in [0.15, 0.2) is 0 Å². The monoisotopic (exact) mass is 286 g/mol. The van der Waals surface area contributed by atoms with Gasteiger partial charge in [0.2, 0.25) is 0 Å². The molecule has 1 saturated heterocycles. The largest absolute Gasteiger partial charge is 0.481 e. The van der Waals surface area contributed by atoms with Crippen LogP contribution in [-0.4, -0.2) is 51.0 Å². The minimum atomic E-state index is -0.866. The first-order valence-corrected chi connectivity index (χ1v) is 7.64. The predicted octanol–water partition coefficient (Wildman–Crippen LogP) is 1.48. The molecule has 18 heavy (non-hydrogen) atoms. The van der Waals surface area contributed by atoms with Crippen molar-refractivity contribution < 1.29 is 14.7 Å². The van der Waals surface area contributed by atoms with E-state index in [0.29, 0.717) is 18.0 Å². The summed E-state index contributed by atoms with van der Waals surface area (Å²) in [5, 5.41) is 11.5. The number of carbonyl (C=O) groups excluding carboxylic acids is 1. The van der Waals surface area contributed by atoms with Gasteiger partial charge < -0.3 is 10.0 Å².